The highest BCUT2D eigenvalue weighted by atomic mass is 35.5. The number of nitriles is 2. The fraction of sp³-hybridized carbons (Fsp3) is 0.261. The number of nitrogens with zero attached hydrogens (tertiary/aromatic N) is 10. The molecule has 0 saturated carbocycles. The summed E-state index contributed by atoms with van der Waals surface area (Å²) in [6.07, 6.45) is 9.10. The van der Waals surface area contributed by atoms with Crippen LogP contribution in [0.2, 0.25) is 5.15 Å². The lowest BCUT2D eigenvalue weighted by Gasteiger charge is -2.09. The summed E-state index contributed by atoms with van der Waals surface area (Å²) in [4.78, 5) is 33.2. The molecular weight excluding hydrogens is 822 g/mol. The van der Waals surface area contributed by atoms with Crippen LogP contribution in [0.5, 0.6) is 23.0 Å². The van der Waals surface area contributed by atoms with Gasteiger partial charge in [-0.05, 0) is 82.1 Å². The Morgan fingerprint density at radius 2 is 1.27 bits per heavy atom. The molecule has 324 valence electrons. The van der Waals surface area contributed by atoms with E-state index in [1.54, 1.807) is 62.7 Å². The second kappa shape index (κ2) is 24.0. The standard InChI is InChI=1S/C23H23N5O2.C8H12N2O.C8H8N2O.C7H5ClN2O/c1-15-4-6-18-12-17(5-8-20(18)25-15)13-28-14-21(26-27-28)22(29)9-7-19-16(2)24-11-10-23(19)30-3;2*1-6-7(5-9)8(11-2)3-4-10-6;1-11-6-2-3-10-7(8)5(6)4-9/h4-6,8,10-12,14H,7,9,13H2,1-3H3;3-4H,5,9H2,1-2H3;3-4H,1-2H3;2-3H,1H3. The number of carbonyl (C=O) groups is 1. The molecule has 7 rings (SSSR count). The van der Waals surface area contributed by atoms with E-state index in [0.29, 0.717) is 54.4 Å². The molecule has 0 aliphatic rings. The molecule has 63 heavy (non-hydrogen) atoms. The summed E-state index contributed by atoms with van der Waals surface area (Å²) in [6, 6.07) is 21.0. The van der Waals surface area contributed by atoms with Crippen molar-refractivity contribution in [2.24, 2.45) is 5.73 Å². The van der Waals surface area contributed by atoms with Gasteiger partial charge in [-0.15, -0.1) is 5.10 Å². The molecule has 1 aromatic carbocycles. The number of fused-ring (bicyclic) bond motifs is 1. The van der Waals surface area contributed by atoms with Crippen LogP contribution >= 0.6 is 11.6 Å². The van der Waals surface area contributed by atoms with E-state index in [4.69, 9.17) is 46.8 Å². The minimum atomic E-state index is -0.0512. The number of pyridine rings is 5. The molecule has 7 aromatic rings. The van der Waals surface area contributed by atoms with E-state index in [0.717, 1.165) is 56.2 Å². The van der Waals surface area contributed by atoms with Crippen LogP contribution < -0.4 is 24.7 Å². The van der Waals surface area contributed by atoms with Gasteiger partial charge in [0, 0.05) is 71.3 Å². The van der Waals surface area contributed by atoms with Gasteiger partial charge in [-0.2, -0.15) is 10.5 Å². The number of carbonyl (C=O) groups excluding carboxylic acids is 1. The van der Waals surface area contributed by atoms with Gasteiger partial charge in [0.05, 0.1) is 52.4 Å². The van der Waals surface area contributed by atoms with Crippen molar-refractivity contribution in [2.45, 2.75) is 53.6 Å². The number of hydrogen-bond acceptors (Lipinski definition) is 15. The van der Waals surface area contributed by atoms with Gasteiger partial charge in [-0.25, -0.2) is 9.67 Å². The van der Waals surface area contributed by atoms with Crippen LogP contribution in [0.1, 0.15) is 67.5 Å². The van der Waals surface area contributed by atoms with Crippen molar-refractivity contribution < 1.29 is 23.7 Å². The predicted octanol–water partition coefficient (Wildman–Crippen LogP) is 7.45. The second-order valence-corrected chi connectivity index (χ2v) is 13.8. The number of hydrogen-bond donors (Lipinski definition) is 1. The molecule has 2 N–H and O–H groups in total. The van der Waals surface area contributed by atoms with Gasteiger partial charge in [0.1, 0.15) is 52.0 Å². The van der Waals surface area contributed by atoms with Gasteiger partial charge in [-0.3, -0.25) is 24.7 Å². The van der Waals surface area contributed by atoms with E-state index < -0.39 is 0 Å². The Kier molecular flexibility index (Phi) is 18.4. The molecule has 16 nitrogen and oxygen atoms in total. The fourth-order valence-electron chi connectivity index (χ4n) is 6.05. The van der Waals surface area contributed by atoms with E-state index in [-0.39, 0.29) is 16.5 Å². The fourth-order valence-corrected chi connectivity index (χ4v) is 6.25. The molecule has 6 heterocycles. The molecule has 0 fully saturated rings. The number of methoxy groups -OCH3 is 4. The Labute approximate surface area is 371 Å². The lowest BCUT2D eigenvalue weighted by molar-refractivity contribution is 0.0977. The first-order valence-electron chi connectivity index (χ1n) is 19.4. The van der Waals surface area contributed by atoms with Gasteiger partial charge < -0.3 is 24.7 Å². The van der Waals surface area contributed by atoms with Crippen LogP contribution in [0.4, 0.5) is 0 Å². The summed E-state index contributed by atoms with van der Waals surface area (Å²) in [7, 11) is 6.27. The van der Waals surface area contributed by atoms with E-state index in [1.807, 2.05) is 63.2 Å². The molecule has 0 amide bonds. The Morgan fingerprint density at radius 3 is 1.83 bits per heavy atom. The summed E-state index contributed by atoms with van der Waals surface area (Å²) in [5.41, 5.74) is 14.1. The van der Waals surface area contributed by atoms with Gasteiger partial charge in [0.15, 0.2) is 10.9 Å². The normalized spacial score (nSPS) is 10.0. The van der Waals surface area contributed by atoms with Crippen LogP contribution in [0.25, 0.3) is 10.9 Å². The smallest absolute Gasteiger partial charge is 0.185 e. The van der Waals surface area contributed by atoms with Crippen molar-refractivity contribution in [3.8, 4) is 35.1 Å². The second-order valence-electron chi connectivity index (χ2n) is 13.4. The Balaban J connectivity index is 0.000000216. The summed E-state index contributed by atoms with van der Waals surface area (Å²) < 4.78 is 22.0. The molecule has 6 aromatic heterocycles. The first kappa shape index (κ1) is 48.1. The number of halogens is 1. The van der Waals surface area contributed by atoms with Gasteiger partial charge in [0.2, 0.25) is 0 Å². The van der Waals surface area contributed by atoms with Crippen molar-refractivity contribution >= 4 is 28.3 Å². The van der Waals surface area contributed by atoms with E-state index >= 15 is 0 Å². The lowest BCUT2D eigenvalue weighted by Crippen LogP contribution is -2.05. The zero-order valence-corrected chi connectivity index (χ0v) is 37.1. The maximum atomic E-state index is 12.6. The molecule has 17 heteroatoms. The number of Topliss-reactive ketones (excluding diaryl/α,β-unsaturated/α-hetero) is 1. The van der Waals surface area contributed by atoms with Crippen molar-refractivity contribution in [1.29, 1.82) is 10.5 Å². The van der Waals surface area contributed by atoms with Crippen LogP contribution in [0.15, 0.2) is 85.6 Å². The summed E-state index contributed by atoms with van der Waals surface area (Å²) >= 11 is 5.59. The summed E-state index contributed by atoms with van der Waals surface area (Å²) in [5, 5.41) is 26.7. The molecule has 0 radical (unpaired) electrons. The third kappa shape index (κ3) is 13.2. The number of benzene rings is 1. The molecule has 0 bridgehead atoms. The molecule has 0 spiro atoms. The van der Waals surface area contributed by atoms with Crippen LogP contribution in [0, 0.1) is 50.4 Å². The number of aromatic nitrogens is 8. The average molecular weight is 870 g/mol. The maximum Gasteiger partial charge on any atom is 0.185 e. The predicted molar refractivity (Wildman–Crippen MR) is 238 cm³/mol. The molecule has 0 atom stereocenters. The molecule has 0 unspecified atom stereocenters. The van der Waals surface area contributed by atoms with E-state index in [2.05, 4.69) is 47.4 Å². The third-order valence-electron chi connectivity index (χ3n) is 9.40. The first-order valence-corrected chi connectivity index (χ1v) is 19.7. The summed E-state index contributed by atoms with van der Waals surface area (Å²) in [5.74, 6) is 2.55. The van der Waals surface area contributed by atoms with Crippen LogP contribution in [-0.2, 0) is 19.5 Å². The molecule has 0 aliphatic heterocycles. The monoisotopic (exact) mass is 869 g/mol. The number of ketones is 1. The molecule has 0 saturated heterocycles. The lowest BCUT2D eigenvalue weighted by atomic mass is 10.0. The van der Waals surface area contributed by atoms with E-state index in [1.165, 1.54) is 20.4 Å². The van der Waals surface area contributed by atoms with Gasteiger partial charge >= 0.3 is 0 Å². The zero-order chi connectivity index (χ0) is 45.9. The van der Waals surface area contributed by atoms with Gasteiger partial charge in [0.25, 0.3) is 0 Å². The quantitative estimate of drug-likeness (QED) is 0.0984. The molecular formula is C46H48ClN11O5. The third-order valence-corrected chi connectivity index (χ3v) is 9.68. The zero-order valence-electron chi connectivity index (χ0n) is 36.4. The van der Waals surface area contributed by atoms with Gasteiger partial charge in [-0.1, -0.05) is 28.9 Å². The summed E-state index contributed by atoms with van der Waals surface area (Å²) in [6.45, 7) is 8.61. The minimum Gasteiger partial charge on any atom is -0.496 e. The van der Waals surface area contributed by atoms with Crippen molar-refractivity contribution in [3.63, 3.8) is 0 Å². The number of rotatable bonds is 11. The Bertz CT molecular complexity index is 2670. The van der Waals surface area contributed by atoms with Crippen LogP contribution in [-0.4, -0.2) is 74.1 Å². The number of aryl methyl sites for hydroxylation is 4. The highest BCUT2D eigenvalue weighted by Crippen LogP contribution is 2.24. The molecule has 0 aliphatic carbocycles. The van der Waals surface area contributed by atoms with E-state index in [9.17, 15) is 4.79 Å². The van der Waals surface area contributed by atoms with Crippen molar-refractivity contribution in [3.05, 3.63) is 147 Å². The largest absolute Gasteiger partial charge is 0.496 e. The Morgan fingerprint density at radius 1 is 0.714 bits per heavy atom. The SMILES string of the molecule is COc1ccnc(C)c1C#N.COc1ccnc(C)c1CCC(=O)c1cn(Cc2ccc3nc(C)ccc3c2)nn1.COc1ccnc(C)c1CN.COc1ccnc(Cl)c1C#N. The first-order chi connectivity index (χ1) is 30.4. The van der Waals surface area contributed by atoms with Crippen LogP contribution in [0.3, 0.4) is 0 Å². The highest BCUT2D eigenvalue weighted by molar-refractivity contribution is 6.30. The van der Waals surface area contributed by atoms with Crippen molar-refractivity contribution in [2.75, 3.05) is 28.4 Å². The Hall–Kier alpha value is -7.53. The number of ether oxygens (including phenoxy) is 4. The van der Waals surface area contributed by atoms with Crippen molar-refractivity contribution in [1.82, 2.24) is 39.9 Å². The highest BCUT2D eigenvalue weighted by Gasteiger charge is 2.15. The number of nitrogens with two attached hydrogens (primary N) is 1. The average Bonchev–Trinajstić information content (AvgIpc) is 3.77. The topological polar surface area (TPSA) is 223 Å². The minimum absolute atomic E-state index is 0.0512. The maximum absolute atomic E-state index is 12.6.